The Balaban J connectivity index is 0.000000114. The van der Waals surface area contributed by atoms with Gasteiger partial charge < -0.3 is 20.4 Å². The van der Waals surface area contributed by atoms with Crippen LogP contribution < -0.4 is 22.0 Å². The van der Waals surface area contributed by atoms with Crippen LogP contribution in [0.1, 0.15) is 6.92 Å². The number of H-pyrrole nitrogens is 1. The van der Waals surface area contributed by atoms with Crippen molar-refractivity contribution in [1.82, 2.24) is 68.5 Å². The van der Waals surface area contributed by atoms with Crippen molar-refractivity contribution in [2.24, 2.45) is 0 Å². The van der Waals surface area contributed by atoms with Crippen LogP contribution in [-0.4, -0.2) is 81.2 Å². The molecule has 3 N–H and O–H groups in total. The quantitative estimate of drug-likeness (QED) is 0.102. The van der Waals surface area contributed by atoms with Gasteiger partial charge in [0, 0.05) is 94.1 Å². The number of hydrogen-bond donors (Lipinski definition) is 3. The van der Waals surface area contributed by atoms with Gasteiger partial charge in [0.15, 0.2) is 0 Å². The van der Waals surface area contributed by atoms with E-state index in [2.05, 4.69) is 65.5 Å². The Morgan fingerprint density at radius 3 is 1.38 bits per heavy atom. The summed E-state index contributed by atoms with van der Waals surface area (Å²) < 4.78 is 67.1. The first-order chi connectivity index (χ1) is 58.0. The van der Waals surface area contributed by atoms with Crippen LogP contribution >= 0.6 is 46.4 Å². The molecule has 0 atom stereocenters. The van der Waals surface area contributed by atoms with E-state index in [1.165, 1.54) is 84.0 Å². The van der Waals surface area contributed by atoms with Gasteiger partial charge in [-0.15, -0.1) is 0 Å². The summed E-state index contributed by atoms with van der Waals surface area (Å²) in [5, 5.41) is 12.6. The molecule has 0 bridgehead atoms. The number of rotatable bonds is 11. The van der Waals surface area contributed by atoms with Gasteiger partial charge >= 0.3 is 17.5 Å². The molecule has 0 amide bonds. The molecular weight excluding hydrogens is 1600 g/mol. The van der Waals surface area contributed by atoms with Gasteiger partial charge in [-0.05, 0) is 171 Å². The maximum absolute atomic E-state index is 14.7. The maximum Gasteiger partial charge on any atom is 0.422 e. The van der Waals surface area contributed by atoms with E-state index in [0.29, 0.717) is 104 Å². The van der Waals surface area contributed by atoms with Crippen molar-refractivity contribution in [3.63, 3.8) is 0 Å². The van der Waals surface area contributed by atoms with Crippen molar-refractivity contribution in [2.45, 2.75) is 6.92 Å². The maximum atomic E-state index is 14.7. The van der Waals surface area contributed by atoms with E-state index < -0.39 is 23.4 Å². The number of para-hydroxylation sites is 5. The SMILES string of the molecule is CCOC(=O)n1c(=O)n(-c2cc(-c3cc(Cl)ccc3F)nc3ccccc23)c2ccncc21.Fc1ccc(Cl)cc1-c1cc(Nc2ccnc3cccnc23)c2ccccc2n1.Fc1ccc(Cl)cc1-c1cc(Nc2ncnc3ccccc23)c2ccccc2n1.O=c1[nH]c2cnccc2n1-c1cc(-c2cc(Cl)ccc2F)nc2ccccc12. The molecule has 0 spiro atoms. The lowest BCUT2D eigenvalue weighted by atomic mass is 10.1. The van der Waals surface area contributed by atoms with Gasteiger partial charge in [-0.1, -0.05) is 131 Å². The molecule has 0 saturated heterocycles. The molecule has 0 aliphatic carbocycles. The average molecular weight is 1660 g/mol. The van der Waals surface area contributed by atoms with Crippen molar-refractivity contribution in [1.29, 1.82) is 0 Å². The van der Waals surface area contributed by atoms with Gasteiger partial charge in [-0.3, -0.25) is 29.1 Å². The summed E-state index contributed by atoms with van der Waals surface area (Å²) in [5.74, 6) is -1.02. The summed E-state index contributed by atoms with van der Waals surface area (Å²) in [7, 11) is 0. The number of ether oxygens (including phenoxy) is 1. The minimum absolute atomic E-state index is 0.106. The summed E-state index contributed by atoms with van der Waals surface area (Å²) >= 11 is 24.4. The molecule has 0 aliphatic heterocycles. The van der Waals surface area contributed by atoms with Gasteiger partial charge in [-0.25, -0.2) is 61.8 Å². The fourth-order valence-electron chi connectivity index (χ4n) is 13.9. The van der Waals surface area contributed by atoms with E-state index in [-0.39, 0.29) is 40.6 Å². The number of nitrogens with one attached hydrogen (secondary N) is 3. The first-order valence-corrected chi connectivity index (χ1v) is 38.1. The van der Waals surface area contributed by atoms with Gasteiger partial charge in [0.2, 0.25) is 0 Å². The molecular formula is C91H56Cl4F4N16O4. The Kier molecular flexibility index (Phi) is 21.5. The third kappa shape index (κ3) is 15.6. The molecule has 0 aliphatic rings. The molecule has 20 nitrogen and oxygen atoms in total. The molecule has 11 aromatic heterocycles. The van der Waals surface area contributed by atoms with Crippen LogP contribution in [0.25, 0.3) is 144 Å². The fourth-order valence-corrected chi connectivity index (χ4v) is 14.6. The summed E-state index contributed by atoms with van der Waals surface area (Å²) in [5.41, 5.74) is 12.4. The molecule has 9 aromatic carbocycles. The zero-order valence-electron chi connectivity index (χ0n) is 61.9. The number of fused-ring (bicyclic) bond motifs is 8. The zero-order chi connectivity index (χ0) is 82.0. The van der Waals surface area contributed by atoms with E-state index >= 15 is 0 Å². The number of benzene rings is 9. The fraction of sp³-hybridized carbons (Fsp3) is 0.0220. The Morgan fingerprint density at radius 1 is 0.403 bits per heavy atom. The number of halogens is 8. The van der Waals surface area contributed by atoms with Crippen LogP contribution in [0.5, 0.6) is 0 Å². The largest absolute Gasteiger partial charge is 0.449 e. The van der Waals surface area contributed by atoms with Crippen LogP contribution in [0.15, 0.2) is 302 Å². The predicted molar refractivity (Wildman–Crippen MR) is 461 cm³/mol. The number of carbonyl (C=O) groups is 1. The Labute approximate surface area is 691 Å². The smallest absolute Gasteiger partial charge is 0.422 e. The topological polar surface area (TPSA) is 244 Å². The Hall–Kier alpha value is -14.7. The van der Waals surface area contributed by atoms with E-state index in [4.69, 9.17) is 51.1 Å². The van der Waals surface area contributed by atoms with Gasteiger partial charge in [-0.2, -0.15) is 4.57 Å². The van der Waals surface area contributed by atoms with E-state index in [0.717, 1.165) is 70.8 Å². The summed E-state index contributed by atoms with van der Waals surface area (Å²) in [4.78, 5) is 85.7. The summed E-state index contributed by atoms with van der Waals surface area (Å²) in [6.45, 7) is 1.76. The lowest BCUT2D eigenvalue weighted by Crippen LogP contribution is -2.29. The molecule has 20 aromatic rings. The highest BCUT2D eigenvalue weighted by atomic mass is 35.5. The second-order valence-corrected chi connectivity index (χ2v) is 28.4. The van der Waals surface area contributed by atoms with Crippen LogP contribution in [0.2, 0.25) is 20.1 Å². The van der Waals surface area contributed by atoms with Gasteiger partial charge in [0.1, 0.15) is 40.9 Å². The number of aromatic nitrogens is 14. The molecule has 0 saturated carbocycles. The second-order valence-electron chi connectivity index (χ2n) is 26.6. The van der Waals surface area contributed by atoms with Crippen molar-refractivity contribution in [3.05, 3.63) is 357 Å². The van der Waals surface area contributed by atoms with E-state index in [1.807, 2.05) is 133 Å². The number of imidazole rings is 2. The van der Waals surface area contributed by atoms with Crippen LogP contribution in [0.4, 0.5) is 45.2 Å². The standard InChI is InChI=1S/C24H16ClFN4O3.2C23H14ClFN4.C21H12ClFN4O/c1-2-33-24(32)30-22-13-27-10-9-20(22)29(23(30)31)21-12-19(16-11-14(25)7-8-17(16)26)28-18-6-4-3-5-15(18)21;24-14-9-10-18(25)17(11-14)22-12-21(15-5-1-4-8-20(15)28-22)29-23-16-6-2-3-7-19(16)26-13-27-23;24-14-7-8-17(25)16(12-14)22-13-21(15-4-1-2-5-18(15)28-22)29-20-9-11-26-19-6-3-10-27-23(19)20;22-12-5-6-15(23)14(9-12)17-10-20(13-3-1-2-4-16(13)25-17)27-19-7-8-24-11-18(19)26-21(27)28/h3-13H,2H2,1H3;1-13H,(H,26,27,28,29);1-13H,(H,26,28,29);1-11H,(H,26,28). The summed E-state index contributed by atoms with van der Waals surface area (Å²) in [6.07, 6.45) is 10.3. The molecule has 28 heteroatoms. The zero-order valence-corrected chi connectivity index (χ0v) is 64.9. The number of anilines is 4. The molecule has 0 unspecified atom stereocenters. The number of aromatic amines is 1. The monoisotopic (exact) mass is 1650 g/mol. The van der Waals surface area contributed by atoms with Crippen LogP contribution in [0, 0.1) is 23.3 Å². The second kappa shape index (κ2) is 33.3. The predicted octanol–water partition coefficient (Wildman–Crippen LogP) is 22.7. The average Bonchev–Trinajstić information content (AvgIpc) is 1.61. The highest BCUT2D eigenvalue weighted by molar-refractivity contribution is 6.32. The van der Waals surface area contributed by atoms with Crippen molar-refractivity contribution < 1.29 is 27.1 Å². The number of carbonyl (C=O) groups excluding carboxylic acids is 1. The normalized spacial score (nSPS) is 11.2. The Morgan fingerprint density at radius 2 is 0.849 bits per heavy atom. The number of nitrogens with zero attached hydrogens (tertiary/aromatic N) is 13. The van der Waals surface area contributed by atoms with Crippen LogP contribution in [0.3, 0.4) is 0 Å². The molecule has 0 radical (unpaired) electrons. The first kappa shape index (κ1) is 76.9. The lowest BCUT2D eigenvalue weighted by Gasteiger charge is -2.14. The third-order valence-corrected chi connectivity index (χ3v) is 20.2. The highest BCUT2D eigenvalue weighted by Gasteiger charge is 2.25. The summed E-state index contributed by atoms with van der Waals surface area (Å²) in [6, 6.07) is 71.1. The van der Waals surface area contributed by atoms with E-state index in [1.54, 1.807) is 90.9 Å². The molecule has 11 heterocycles. The molecule has 0 fully saturated rings. The Bertz CT molecular complexity index is 7320. The highest BCUT2D eigenvalue weighted by Crippen LogP contribution is 2.39. The minimum Gasteiger partial charge on any atom is -0.449 e. The number of hydrogen-bond acceptors (Lipinski definition) is 16. The molecule has 20 rings (SSSR count). The van der Waals surface area contributed by atoms with Crippen molar-refractivity contribution in [3.8, 4) is 56.4 Å². The van der Waals surface area contributed by atoms with Crippen LogP contribution in [-0.2, 0) is 4.74 Å². The van der Waals surface area contributed by atoms with Gasteiger partial charge in [0.25, 0.3) is 0 Å². The molecule has 580 valence electrons. The van der Waals surface area contributed by atoms with Gasteiger partial charge in [0.05, 0.1) is 125 Å². The first-order valence-electron chi connectivity index (χ1n) is 36.6. The molecule has 119 heavy (non-hydrogen) atoms. The van der Waals surface area contributed by atoms with Crippen molar-refractivity contribution >= 4 is 163 Å². The third-order valence-electron chi connectivity index (χ3n) is 19.3. The van der Waals surface area contributed by atoms with Crippen molar-refractivity contribution in [2.75, 3.05) is 17.2 Å². The minimum atomic E-state index is -0.807. The van der Waals surface area contributed by atoms with E-state index in [9.17, 15) is 31.9 Å². The number of pyridine rings is 8. The lowest BCUT2D eigenvalue weighted by molar-refractivity contribution is 0.154.